The quantitative estimate of drug-likeness (QED) is 0.636. The summed E-state index contributed by atoms with van der Waals surface area (Å²) in [5, 5.41) is 0. The zero-order valence-electron chi connectivity index (χ0n) is 9.96. The summed E-state index contributed by atoms with van der Waals surface area (Å²) in [5.41, 5.74) is -0.0393. The monoisotopic (exact) mass is 216 g/mol. The molecule has 88 valence electrons. The predicted octanol–water partition coefficient (Wildman–Crippen LogP) is 1.92. The lowest BCUT2D eigenvalue weighted by Crippen LogP contribution is -2.16. The van der Waals surface area contributed by atoms with Gasteiger partial charge in [-0.25, -0.2) is 0 Å². The molecule has 0 rings (SSSR count). The molecule has 0 aromatic rings. The lowest BCUT2D eigenvalue weighted by molar-refractivity contribution is -0.141. The Morgan fingerprint density at radius 2 is 1.27 bits per heavy atom. The van der Waals surface area contributed by atoms with E-state index in [0.717, 1.165) is 12.8 Å². The van der Waals surface area contributed by atoms with Gasteiger partial charge in [0.15, 0.2) is 0 Å². The summed E-state index contributed by atoms with van der Waals surface area (Å²) in [6.45, 7) is 4.05. The van der Waals surface area contributed by atoms with E-state index in [0.29, 0.717) is 12.8 Å². The smallest absolute Gasteiger partial charge is 0.305 e. The molecule has 0 saturated heterocycles. The van der Waals surface area contributed by atoms with Crippen LogP contribution in [0.25, 0.3) is 0 Å². The van der Waals surface area contributed by atoms with Crippen molar-refractivity contribution in [1.82, 2.24) is 0 Å². The molecule has 0 aliphatic heterocycles. The molecule has 0 spiro atoms. The first-order chi connectivity index (χ1) is 6.91. The topological polar surface area (TPSA) is 52.6 Å². The van der Waals surface area contributed by atoms with Gasteiger partial charge in [0.05, 0.1) is 14.2 Å². The molecule has 4 nitrogen and oxygen atoms in total. The molecule has 0 bridgehead atoms. The van der Waals surface area contributed by atoms with Gasteiger partial charge in [-0.3, -0.25) is 9.59 Å². The van der Waals surface area contributed by atoms with Crippen molar-refractivity contribution in [3.63, 3.8) is 0 Å². The van der Waals surface area contributed by atoms with Crippen molar-refractivity contribution in [3.8, 4) is 0 Å². The minimum atomic E-state index is -0.207. The van der Waals surface area contributed by atoms with E-state index >= 15 is 0 Å². The van der Waals surface area contributed by atoms with E-state index in [1.807, 2.05) is 13.8 Å². The van der Waals surface area contributed by atoms with Crippen LogP contribution < -0.4 is 0 Å². The van der Waals surface area contributed by atoms with Crippen molar-refractivity contribution in [2.75, 3.05) is 14.2 Å². The molecule has 0 unspecified atom stereocenters. The number of carbonyl (C=O) groups is 2. The van der Waals surface area contributed by atoms with Crippen molar-refractivity contribution in [3.05, 3.63) is 0 Å². The van der Waals surface area contributed by atoms with E-state index in [1.54, 1.807) is 0 Å². The van der Waals surface area contributed by atoms with Gasteiger partial charge in [-0.1, -0.05) is 13.8 Å². The van der Waals surface area contributed by atoms with Crippen LogP contribution in [0.5, 0.6) is 0 Å². The average Bonchev–Trinajstić information content (AvgIpc) is 2.22. The first-order valence-electron chi connectivity index (χ1n) is 5.05. The van der Waals surface area contributed by atoms with Gasteiger partial charge in [-0.2, -0.15) is 0 Å². The molecule has 0 aliphatic carbocycles. The van der Waals surface area contributed by atoms with Gasteiger partial charge in [-0.15, -0.1) is 0 Å². The number of hydrogen-bond acceptors (Lipinski definition) is 4. The van der Waals surface area contributed by atoms with E-state index in [2.05, 4.69) is 9.47 Å². The minimum Gasteiger partial charge on any atom is -0.469 e. The number of esters is 2. The second-order valence-corrected chi connectivity index (χ2v) is 4.32. The highest BCUT2D eigenvalue weighted by Crippen LogP contribution is 2.28. The number of carbonyl (C=O) groups excluding carboxylic acids is 2. The molecule has 0 saturated carbocycles. The number of hydrogen-bond donors (Lipinski definition) is 0. The number of methoxy groups -OCH3 is 2. The summed E-state index contributed by atoms with van der Waals surface area (Å²) in [7, 11) is 2.76. The highest BCUT2D eigenvalue weighted by molar-refractivity contribution is 5.69. The molecule has 0 atom stereocenters. The molecule has 0 N–H and O–H groups in total. The number of ether oxygens (including phenoxy) is 2. The third-order valence-corrected chi connectivity index (χ3v) is 2.47. The van der Waals surface area contributed by atoms with Crippen molar-refractivity contribution in [1.29, 1.82) is 0 Å². The molecule has 0 fully saturated rings. The Morgan fingerprint density at radius 1 is 0.933 bits per heavy atom. The largest absolute Gasteiger partial charge is 0.469 e. The Morgan fingerprint density at radius 3 is 1.53 bits per heavy atom. The van der Waals surface area contributed by atoms with Crippen LogP contribution in [0.4, 0.5) is 0 Å². The molecule has 0 aromatic heterocycles. The zero-order chi connectivity index (χ0) is 11.9. The van der Waals surface area contributed by atoms with E-state index in [-0.39, 0.29) is 17.4 Å². The Balaban J connectivity index is 3.86. The third-order valence-electron chi connectivity index (χ3n) is 2.47. The number of rotatable bonds is 6. The van der Waals surface area contributed by atoms with Crippen molar-refractivity contribution < 1.29 is 19.1 Å². The van der Waals surface area contributed by atoms with Crippen LogP contribution in [0, 0.1) is 5.41 Å². The second kappa shape index (κ2) is 6.43. The Bertz CT molecular complexity index is 199. The van der Waals surface area contributed by atoms with E-state index in [9.17, 15) is 9.59 Å². The summed E-state index contributed by atoms with van der Waals surface area (Å²) in [6.07, 6.45) is 2.22. The van der Waals surface area contributed by atoms with Gasteiger partial charge in [0, 0.05) is 12.8 Å². The fourth-order valence-corrected chi connectivity index (χ4v) is 1.21. The Labute approximate surface area is 90.9 Å². The van der Waals surface area contributed by atoms with Crippen molar-refractivity contribution in [2.24, 2.45) is 5.41 Å². The molecule has 0 amide bonds. The highest BCUT2D eigenvalue weighted by atomic mass is 16.5. The second-order valence-electron chi connectivity index (χ2n) is 4.32. The average molecular weight is 216 g/mol. The van der Waals surface area contributed by atoms with Crippen molar-refractivity contribution in [2.45, 2.75) is 39.5 Å². The van der Waals surface area contributed by atoms with Gasteiger partial charge >= 0.3 is 11.9 Å². The molecule has 0 aliphatic rings. The molecule has 4 heteroatoms. The van der Waals surface area contributed by atoms with Gasteiger partial charge in [0.25, 0.3) is 0 Å². The maximum Gasteiger partial charge on any atom is 0.305 e. The van der Waals surface area contributed by atoms with Gasteiger partial charge in [0.2, 0.25) is 0 Å². The van der Waals surface area contributed by atoms with Crippen LogP contribution >= 0.6 is 0 Å². The fourth-order valence-electron chi connectivity index (χ4n) is 1.21. The van der Waals surface area contributed by atoms with Crippen LogP contribution in [0.1, 0.15) is 39.5 Å². The van der Waals surface area contributed by atoms with Gasteiger partial charge < -0.3 is 9.47 Å². The maximum absolute atomic E-state index is 10.9. The normalized spacial score (nSPS) is 10.9. The SMILES string of the molecule is COC(=O)CCC(C)(C)CCC(=O)OC. The minimum absolute atomic E-state index is 0.0393. The molecule has 0 heterocycles. The molecular weight excluding hydrogens is 196 g/mol. The maximum atomic E-state index is 10.9. The first-order valence-corrected chi connectivity index (χ1v) is 5.05. The lowest BCUT2D eigenvalue weighted by atomic mass is 9.83. The van der Waals surface area contributed by atoms with Crippen LogP contribution in [0.3, 0.4) is 0 Å². The highest BCUT2D eigenvalue weighted by Gasteiger charge is 2.20. The van der Waals surface area contributed by atoms with E-state index in [4.69, 9.17) is 0 Å². The van der Waals surface area contributed by atoms with Gasteiger partial charge in [0.1, 0.15) is 0 Å². The van der Waals surface area contributed by atoms with Crippen LogP contribution in [0.15, 0.2) is 0 Å². The van der Waals surface area contributed by atoms with Crippen molar-refractivity contribution >= 4 is 11.9 Å². The molecular formula is C11H20O4. The summed E-state index contributed by atoms with van der Waals surface area (Å²) >= 11 is 0. The molecule has 0 aromatic carbocycles. The summed E-state index contributed by atoms with van der Waals surface area (Å²) in [6, 6.07) is 0. The molecule has 0 radical (unpaired) electrons. The van der Waals surface area contributed by atoms with Crippen LogP contribution in [-0.2, 0) is 19.1 Å². The van der Waals surface area contributed by atoms with E-state index < -0.39 is 0 Å². The Kier molecular flexibility index (Phi) is 5.97. The lowest BCUT2D eigenvalue weighted by Gasteiger charge is -2.23. The third kappa shape index (κ3) is 6.94. The molecule has 15 heavy (non-hydrogen) atoms. The predicted molar refractivity (Wildman–Crippen MR) is 56.3 cm³/mol. The summed E-state index contributed by atoms with van der Waals surface area (Å²) in [5.74, 6) is -0.415. The standard InChI is InChI=1S/C11H20O4/c1-11(2,7-5-9(12)14-3)8-6-10(13)15-4/h5-8H2,1-4H3. The summed E-state index contributed by atoms with van der Waals surface area (Å²) in [4.78, 5) is 21.9. The Hall–Kier alpha value is -1.06. The fraction of sp³-hybridized carbons (Fsp3) is 0.818. The van der Waals surface area contributed by atoms with Crippen LogP contribution in [0.2, 0.25) is 0 Å². The first kappa shape index (κ1) is 13.9. The van der Waals surface area contributed by atoms with Crippen LogP contribution in [-0.4, -0.2) is 26.2 Å². The summed E-state index contributed by atoms with van der Waals surface area (Å²) < 4.78 is 9.12. The van der Waals surface area contributed by atoms with Gasteiger partial charge in [-0.05, 0) is 18.3 Å². The van der Waals surface area contributed by atoms with E-state index in [1.165, 1.54) is 14.2 Å². The zero-order valence-corrected chi connectivity index (χ0v) is 9.96.